The van der Waals surface area contributed by atoms with Crippen molar-refractivity contribution < 1.29 is 4.74 Å². The molecule has 0 aliphatic carbocycles. The summed E-state index contributed by atoms with van der Waals surface area (Å²) in [5.41, 5.74) is 1.98. The van der Waals surface area contributed by atoms with Crippen molar-refractivity contribution in [1.29, 1.82) is 0 Å². The van der Waals surface area contributed by atoms with Crippen LogP contribution >= 0.6 is 22.9 Å². The number of anilines is 1. The SMILES string of the molecule is CCOCC1CCN(c2nn3cc(-c4ccc(Cl)cc4)nc3s2)C1. The topological polar surface area (TPSA) is 42.7 Å². The lowest BCUT2D eigenvalue weighted by atomic mass is 10.1. The number of rotatable bonds is 5. The molecule has 5 nitrogen and oxygen atoms in total. The zero-order valence-corrected chi connectivity index (χ0v) is 15.1. The Labute approximate surface area is 149 Å². The molecule has 1 aliphatic heterocycles. The first-order valence-corrected chi connectivity index (χ1v) is 9.37. The van der Waals surface area contributed by atoms with E-state index in [9.17, 15) is 0 Å². The molecule has 0 spiro atoms. The van der Waals surface area contributed by atoms with Gasteiger partial charge in [0.25, 0.3) is 0 Å². The van der Waals surface area contributed by atoms with Gasteiger partial charge in [0, 0.05) is 36.2 Å². The van der Waals surface area contributed by atoms with Gasteiger partial charge in [0.05, 0.1) is 18.5 Å². The summed E-state index contributed by atoms with van der Waals surface area (Å²) in [6, 6.07) is 7.72. The van der Waals surface area contributed by atoms with E-state index in [0.717, 1.165) is 59.1 Å². The number of aromatic nitrogens is 3. The zero-order valence-electron chi connectivity index (χ0n) is 13.5. The number of benzene rings is 1. The molecule has 2 aromatic heterocycles. The van der Waals surface area contributed by atoms with Gasteiger partial charge in [-0.25, -0.2) is 9.50 Å². The van der Waals surface area contributed by atoms with Crippen LogP contribution in [0.25, 0.3) is 16.2 Å². The fourth-order valence-corrected chi connectivity index (χ4v) is 4.05. The molecule has 126 valence electrons. The quantitative estimate of drug-likeness (QED) is 0.688. The lowest BCUT2D eigenvalue weighted by molar-refractivity contribution is 0.117. The van der Waals surface area contributed by atoms with Crippen molar-refractivity contribution in [2.24, 2.45) is 5.92 Å². The highest BCUT2D eigenvalue weighted by atomic mass is 35.5. The second-order valence-electron chi connectivity index (χ2n) is 6.00. The minimum absolute atomic E-state index is 0.603. The third kappa shape index (κ3) is 3.14. The fourth-order valence-electron chi connectivity index (χ4n) is 3.00. The van der Waals surface area contributed by atoms with E-state index < -0.39 is 0 Å². The molecule has 0 saturated carbocycles. The van der Waals surface area contributed by atoms with E-state index in [1.165, 1.54) is 0 Å². The number of nitrogens with zero attached hydrogens (tertiary/aromatic N) is 4. The standard InChI is InChI=1S/C17H19ClN4OS/c1-2-23-11-12-7-8-21(9-12)17-20-22-10-15(19-16(22)24-17)13-3-5-14(18)6-4-13/h3-6,10,12H,2,7-9,11H2,1H3. The van der Waals surface area contributed by atoms with Gasteiger partial charge < -0.3 is 9.64 Å². The first-order chi connectivity index (χ1) is 11.7. The Hall–Kier alpha value is -1.63. The van der Waals surface area contributed by atoms with E-state index in [-0.39, 0.29) is 0 Å². The summed E-state index contributed by atoms with van der Waals surface area (Å²) in [7, 11) is 0. The molecule has 3 aromatic rings. The number of imidazole rings is 1. The monoisotopic (exact) mass is 362 g/mol. The van der Waals surface area contributed by atoms with Crippen LogP contribution in [0.5, 0.6) is 0 Å². The van der Waals surface area contributed by atoms with E-state index >= 15 is 0 Å². The van der Waals surface area contributed by atoms with Crippen molar-refractivity contribution in [3.63, 3.8) is 0 Å². The summed E-state index contributed by atoms with van der Waals surface area (Å²) in [5, 5.41) is 6.48. The molecule has 1 saturated heterocycles. The molecule has 4 rings (SSSR count). The third-order valence-electron chi connectivity index (χ3n) is 4.29. The fraction of sp³-hybridized carbons (Fsp3) is 0.412. The molecule has 7 heteroatoms. The van der Waals surface area contributed by atoms with E-state index in [0.29, 0.717) is 5.92 Å². The predicted octanol–water partition coefficient (Wildman–Crippen LogP) is 3.97. The molecule has 1 atom stereocenters. The van der Waals surface area contributed by atoms with E-state index in [1.807, 2.05) is 41.9 Å². The molecule has 0 radical (unpaired) electrons. The van der Waals surface area contributed by atoms with Gasteiger partial charge in [-0.1, -0.05) is 35.1 Å². The maximum Gasteiger partial charge on any atom is 0.214 e. The Morgan fingerprint density at radius 2 is 2.17 bits per heavy atom. The highest BCUT2D eigenvalue weighted by Gasteiger charge is 2.25. The molecular weight excluding hydrogens is 344 g/mol. The number of halogens is 1. The Bertz CT molecular complexity index is 797. The van der Waals surface area contributed by atoms with Gasteiger partial charge in [0.1, 0.15) is 0 Å². The van der Waals surface area contributed by atoms with Gasteiger partial charge >= 0.3 is 0 Å². The van der Waals surface area contributed by atoms with Gasteiger partial charge in [-0.05, 0) is 25.5 Å². The van der Waals surface area contributed by atoms with Crippen molar-refractivity contribution in [2.75, 3.05) is 31.2 Å². The first-order valence-electron chi connectivity index (χ1n) is 8.18. The second-order valence-corrected chi connectivity index (χ2v) is 7.38. The van der Waals surface area contributed by atoms with Gasteiger partial charge in [-0.2, -0.15) is 0 Å². The van der Waals surface area contributed by atoms with Crippen LogP contribution in [0.2, 0.25) is 5.02 Å². The number of fused-ring (bicyclic) bond motifs is 1. The third-order valence-corrected chi connectivity index (χ3v) is 5.52. The molecule has 1 fully saturated rings. The summed E-state index contributed by atoms with van der Waals surface area (Å²) in [6.45, 7) is 5.73. The normalized spacial score (nSPS) is 17.9. The highest BCUT2D eigenvalue weighted by molar-refractivity contribution is 7.20. The zero-order chi connectivity index (χ0) is 16.5. The Kier molecular flexibility index (Phi) is 4.43. The van der Waals surface area contributed by atoms with Crippen molar-refractivity contribution in [1.82, 2.24) is 14.6 Å². The molecule has 0 amide bonds. The molecule has 24 heavy (non-hydrogen) atoms. The van der Waals surface area contributed by atoms with Crippen LogP contribution in [0.15, 0.2) is 30.5 Å². The van der Waals surface area contributed by atoms with Crippen LogP contribution in [0, 0.1) is 5.92 Å². The van der Waals surface area contributed by atoms with Crippen LogP contribution in [0.4, 0.5) is 5.13 Å². The summed E-state index contributed by atoms with van der Waals surface area (Å²) < 4.78 is 7.42. The molecule has 1 aliphatic rings. The molecule has 1 aromatic carbocycles. The smallest absolute Gasteiger partial charge is 0.214 e. The van der Waals surface area contributed by atoms with Crippen molar-refractivity contribution in [2.45, 2.75) is 13.3 Å². The average molecular weight is 363 g/mol. The van der Waals surface area contributed by atoms with Crippen LogP contribution in [-0.2, 0) is 4.74 Å². The average Bonchev–Trinajstić information content (AvgIpc) is 3.27. The molecule has 0 N–H and O–H groups in total. The summed E-state index contributed by atoms with van der Waals surface area (Å²) in [4.78, 5) is 7.96. The minimum atomic E-state index is 0.603. The largest absolute Gasteiger partial charge is 0.381 e. The van der Waals surface area contributed by atoms with Crippen molar-refractivity contribution >= 4 is 33.0 Å². The van der Waals surface area contributed by atoms with Gasteiger partial charge in [-0.15, -0.1) is 5.10 Å². The molecule has 1 unspecified atom stereocenters. The summed E-state index contributed by atoms with van der Waals surface area (Å²) >= 11 is 7.58. The van der Waals surface area contributed by atoms with E-state index in [1.54, 1.807) is 11.3 Å². The predicted molar refractivity (Wildman–Crippen MR) is 98.1 cm³/mol. The van der Waals surface area contributed by atoms with Crippen LogP contribution in [-0.4, -0.2) is 40.9 Å². The van der Waals surface area contributed by atoms with Crippen molar-refractivity contribution in [3.05, 3.63) is 35.5 Å². The summed E-state index contributed by atoms with van der Waals surface area (Å²) in [5.74, 6) is 0.603. The van der Waals surface area contributed by atoms with Gasteiger partial charge in [-0.3, -0.25) is 0 Å². The number of hydrogen-bond acceptors (Lipinski definition) is 5. The van der Waals surface area contributed by atoms with E-state index in [2.05, 4.69) is 4.90 Å². The number of ether oxygens (including phenoxy) is 1. The Morgan fingerprint density at radius 3 is 2.92 bits per heavy atom. The van der Waals surface area contributed by atoms with Gasteiger partial charge in [0.2, 0.25) is 10.1 Å². The number of hydrogen-bond donors (Lipinski definition) is 0. The lowest BCUT2D eigenvalue weighted by Gasteiger charge is -2.14. The minimum Gasteiger partial charge on any atom is -0.381 e. The van der Waals surface area contributed by atoms with Crippen LogP contribution in [0.1, 0.15) is 13.3 Å². The summed E-state index contributed by atoms with van der Waals surface area (Å²) in [6.07, 6.45) is 3.14. The first kappa shape index (κ1) is 15.9. The second kappa shape index (κ2) is 6.70. The van der Waals surface area contributed by atoms with Gasteiger partial charge in [0.15, 0.2) is 0 Å². The van der Waals surface area contributed by atoms with Crippen molar-refractivity contribution in [3.8, 4) is 11.3 Å². The van der Waals surface area contributed by atoms with E-state index in [4.69, 9.17) is 26.4 Å². The molecule has 3 heterocycles. The maximum atomic E-state index is 5.94. The maximum absolute atomic E-state index is 5.94. The van der Waals surface area contributed by atoms with Crippen LogP contribution in [0.3, 0.4) is 0 Å². The lowest BCUT2D eigenvalue weighted by Crippen LogP contribution is -2.21. The van der Waals surface area contributed by atoms with Crippen LogP contribution < -0.4 is 4.90 Å². The highest BCUT2D eigenvalue weighted by Crippen LogP contribution is 2.30. The Morgan fingerprint density at radius 1 is 1.33 bits per heavy atom. The molecule has 0 bridgehead atoms. The molecular formula is C17H19ClN4OS. The Balaban J connectivity index is 1.51.